The van der Waals surface area contributed by atoms with E-state index >= 15 is 0 Å². The van der Waals surface area contributed by atoms with Crippen LogP contribution in [-0.4, -0.2) is 30.5 Å². The van der Waals surface area contributed by atoms with Crippen LogP contribution in [0.1, 0.15) is 29.4 Å². The Kier molecular flexibility index (Phi) is 5.39. The lowest BCUT2D eigenvalue weighted by Crippen LogP contribution is -2.30. The van der Waals surface area contributed by atoms with E-state index in [4.69, 9.17) is 0 Å². The molecule has 0 saturated heterocycles. The summed E-state index contributed by atoms with van der Waals surface area (Å²) in [4.78, 5) is 18.2. The van der Waals surface area contributed by atoms with Crippen LogP contribution in [0.5, 0.6) is 0 Å². The molecule has 3 aromatic rings. The van der Waals surface area contributed by atoms with Gasteiger partial charge in [-0.15, -0.1) is 0 Å². The van der Waals surface area contributed by atoms with Gasteiger partial charge in [0.1, 0.15) is 0 Å². The third-order valence-electron chi connectivity index (χ3n) is 4.51. The molecule has 0 atom stereocenters. The van der Waals surface area contributed by atoms with Crippen molar-refractivity contribution in [3.8, 4) is 0 Å². The molecule has 0 spiro atoms. The van der Waals surface area contributed by atoms with E-state index < -0.39 is 0 Å². The van der Waals surface area contributed by atoms with Gasteiger partial charge in [0, 0.05) is 41.9 Å². The molecule has 1 heterocycles. The molecule has 1 amide bonds. The zero-order valence-electron chi connectivity index (χ0n) is 14.9. The summed E-state index contributed by atoms with van der Waals surface area (Å²) in [6.45, 7) is 6.65. The summed E-state index contributed by atoms with van der Waals surface area (Å²) >= 11 is 0. The molecule has 0 fully saturated rings. The van der Waals surface area contributed by atoms with Crippen LogP contribution >= 0.6 is 0 Å². The average Bonchev–Trinajstić information content (AvgIpc) is 2.98. The topological polar surface area (TPSA) is 48.1 Å². The number of amides is 1. The minimum atomic E-state index is -0.00212. The van der Waals surface area contributed by atoms with Crippen molar-refractivity contribution in [3.05, 3.63) is 65.9 Å². The Morgan fingerprint density at radius 2 is 1.80 bits per heavy atom. The van der Waals surface area contributed by atoms with Crippen molar-refractivity contribution in [1.82, 2.24) is 10.3 Å². The Balaban J connectivity index is 1.56. The zero-order valence-corrected chi connectivity index (χ0v) is 14.9. The van der Waals surface area contributed by atoms with Crippen molar-refractivity contribution in [1.29, 1.82) is 0 Å². The molecule has 0 saturated carbocycles. The maximum atomic E-state index is 12.6. The Morgan fingerprint density at radius 1 is 1.08 bits per heavy atom. The van der Waals surface area contributed by atoms with Gasteiger partial charge >= 0.3 is 0 Å². The number of nitrogens with zero attached hydrogens (tertiary/aromatic N) is 1. The monoisotopic (exact) mass is 335 g/mol. The lowest BCUT2D eigenvalue weighted by atomic mass is 10.1. The van der Waals surface area contributed by atoms with Crippen LogP contribution < -0.4 is 10.2 Å². The highest BCUT2D eigenvalue weighted by atomic mass is 16.1. The van der Waals surface area contributed by atoms with Crippen LogP contribution in [0.25, 0.3) is 10.9 Å². The molecule has 4 nitrogen and oxygen atoms in total. The second kappa shape index (κ2) is 7.88. The number of para-hydroxylation sites is 2. The largest absolute Gasteiger partial charge is 0.372 e. The van der Waals surface area contributed by atoms with Crippen molar-refractivity contribution in [2.24, 2.45) is 0 Å². The molecule has 2 N–H and O–H groups in total. The normalized spacial score (nSPS) is 10.8. The first kappa shape index (κ1) is 17.1. The molecular formula is C21H25N3O. The summed E-state index contributed by atoms with van der Waals surface area (Å²) in [6, 6.07) is 18.3. The number of H-pyrrole nitrogens is 1. The van der Waals surface area contributed by atoms with Crippen LogP contribution in [0.4, 0.5) is 5.69 Å². The fourth-order valence-electron chi connectivity index (χ4n) is 3.24. The molecule has 0 bridgehead atoms. The summed E-state index contributed by atoms with van der Waals surface area (Å²) in [6.07, 6.45) is 0.913. The molecule has 2 aromatic carbocycles. The second-order valence-electron chi connectivity index (χ2n) is 6.20. The standard InChI is InChI=1S/C21H25N3O/c1-3-24(17-10-5-4-6-11-17)15-9-14-22-21(25)20-16(2)23-19-13-8-7-12-18(19)20/h4-8,10-13,23H,3,9,14-15H2,1-2H3,(H,22,25). The summed E-state index contributed by atoms with van der Waals surface area (Å²) in [5.74, 6) is -0.00212. The molecule has 25 heavy (non-hydrogen) atoms. The first-order chi connectivity index (χ1) is 12.2. The molecule has 0 aliphatic heterocycles. The van der Waals surface area contributed by atoms with E-state index in [9.17, 15) is 4.79 Å². The third kappa shape index (κ3) is 3.85. The van der Waals surface area contributed by atoms with Gasteiger partial charge in [-0.25, -0.2) is 0 Å². The van der Waals surface area contributed by atoms with Crippen molar-refractivity contribution in [3.63, 3.8) is 0 Å². The van der Waals surface area contributed by atoms with Crippen LogP contribution in [0, 0.1) is 6.92 Å². The van der Waals surface area contributed by atoms with Crippen LogP contribution in [0.15, 0.2) is 54.6 Å². The quantitative estimate of drug-likeness (QED) is 0.638. The summed E-state index contributed by atoms with van der Waals surface area (Å²) in [7, 11) is 0. The highest BCUT2D eigenvalue weighted by molar-refractivity contribution is 6.08. The minimum absolute atomic E-state index is 0.00212. The smallest absolute Gasteiger partial charge is 0.253 e. The molecule has 0 aliphatic carbocycles. The first-order valence-corrected chi connectivity index (χ1v) is 8.86. The predicted octanol–water partition coefficient (Wildman–Crippen LogP) is 4.12. The van der Waals surface area contributed by atoms with E-state index in [1.54, 1.807) is 0 Å². The first-order valence-electron chi connectivity index (χ1n) is 8.86. The molecule has 0 unspecified atom stereocenters. The predicted molar refractivity (Wildman–Crippen MR) is 104 cm³/mol. The highest BCUT2D eigenvalue weighted by Gasteiger charge is 2.15. The van der Waals surface area contributed by atoms with Crippen molar-refractivity contribution in [2.45, 2.75) is 20.3 Å². The van der Waals surface area contributed by atoms with E-state index in [1.807, 2.05) is 37.3 Å². The molecule has 4 heteroatoms. The van der Waals surface area contributed by atoms with E-state index in [0.717, 1.165) is 41.7 Å². The lowest BCUT2D eigenvalue weighted by molar-refractivity contribution is 0.0954. The fourth-order valence-corrected chi connectivity index (χ4v) is 3.24. The second-order valence-corrected chi connectivity index (χ2v) is 6.20. The van der Waals surface area contributed by atoms with Crippen LogP contribution in [-0.2, 0) is 0 Å². The molecule has 0 aliphatic rings. The third-order valence-corrected chi connectivity index (χ3v) is 4.51. The highest BCUT2D eigenvalue weighted by Crippen LogP contribution is 2.21. The number of carbonyl (C=O) groups excluding carboxylic acids is 1. The molecular weight excluding hydrogens is 310 g/mol. The number of carbonyl (C=O) groups is 1. The SMILES string of the molecule is CCN(CCCNC(=O)c1c(C)[nH]c2ccccc12)c1ccccc1. The van der Waals surface area contributed by atoms with Gasteiger partial charge in [-0.1, -0.05) is 36.4 Å². The van der Waals surface area contributed by atoms with E-state index in [1.165, 1.54) is 5.69 Å². The van der Waals surface area contributed by atoms with Gasteiger partial charge in [0.05, 0.1) is 5.56 Å². The molecule has 3 rings (SSSR count). The van der Waals surface area contributed by atoms with Gasteiger partial charge in [0.25, 0.3) is 5.91 Å². The van der Waals surface area contributed by atoms with Gasteiger partial charge in [-0.2, -0.15) is 0 Å². The van der Waals surface area contributed by atoms with E-state index in [2.05, 4.69) is 46.4 Å². The number of anilines is 1. The number of fused-ring (bicyclic) bond motifs is 1. The Hall–Kier alpha value is -2.75. The van der Waals surface area contributed by atoms with Gasteiger partial charge in [0.2, 0.25) is 0 Å². The Bertz CT molecular complexity index is 839. The summed E-state index contributed by atoms with van der Waals surface area (Å²) in [5.41, 5.74) is 3.90. The van der Waals surface area contributed by atoms with E-state index in [0.29, 0.717) is 6.54 Å². The molecule has 1 aromatic heterocycles. The van der Waals surface area contributed by atoms with Gasteiger partial charge in [-0.05, 0) is 38.5 Å². The zero-order chi connectivity index (χ0) is 17.6. The van der Waals surface area contributed by atoms with Crippen LogP contribution in [0.2, 0.25) is 0 Å². The Labute approximate surface area is 148 Å². The molecule has 130 valence electrons. The number of rotatable bonds is 7. The fraction of sp³-hybridized carbons (Fsp3) is 0.286. The van der Waals surface area contributed by atoms with Crippen molar-refractivity contribution < 1.29 is 4.79 Å². The summed E-state index contributed by atoms with van der Waals surface area (Å²) < 4.78 is 0. The molecule has 0 radical (unpaired) electrons. The minimum Gasteiger partial charge on any atom is -0.372 e. The maximum Gasteiger partial charge on any atom is 0.253 e. The van der Waals surface area contributed by atoms with Crippen LogP contribution in [0.3, 0.4) is 0 Å². The van der Waals surface area contributed by atoms with Crippen molar-refractivity contribution >= 4 is 22.5 Å². The number of hydrogen-bond donors (Lipinski definition) is 2. The number of aromatic nitrogens is 1. The number of nitrogens with one attached hydrogen (secondary N) is 2. The van der Waals surface area contributed by atoms with Gasteiger partial charge < -0.3 is 15.2 Å². The van der Waals surface area contributed by atoms with E-state index in [-0.39, 0.29) is 5.91 Å². The summed E-state index contributed by atoms with van der Waals surface area (Å²) in [5, 5.41) is 4.05. The number of aryl methyl sites for hydroxylation is 1. The maximum absolute atomic E-state index is 12.6. The van der Waals surface area contributed by atoms with Crippen molar-refractivity contribution in [2.75, 3.05) is 24.5 Å². The number of hydrogen-bond acceptors (Lipinski definition) is 2. The average molecular weight is 335 g/mol. The number of aromatic amines is 1. The van der Waals surface area contributed by atoms with Gasteiger partial charge in [-0.3, -0.25) is 4.79 Å². The van der Waals surface area contributed by atoms with Gasteiger partial charge in [0.15, 0.2) is 0 Å². The Morgan fingerprint density at radius 3 is 2.56 bits per heavy atom. The number of benzene rings is 2. The lowest BCUT2D eigenvalue weighted by Gasteiger charge is -2.23.